The maximum Gasteiger partial charge on any atom is 0.261 e. The number of amides is 2. The fourth-order valence-electron chi connectivity index (χ4n) is 3.63. The van der Waals surface area contributed by atoms with Gasteiger partial charge in [0.1, 0.15) is 11.8 Å². The summed E-state index contributed by atoms with van der Waals surface area (Å²) in [7, 11) is 0. The number of rotatable bonds is 9. The van der Waals surface area contributed by atoms with E-state index in [-0.39, 0.29) is 25.0 Å². The maximum absolute atomic E-state index is 13.6. The molecule has 0 unspecified atom stereocenters. The monoisotopic (exact) mass is 546 g/mol. The molecule has 190 valence electrons. The van der Waals surface area contributed by atoms with Gasteiger partial charge in [-0.05, 0) is 56.2 Å². The van der Waals surface area contributed by atoms with Crippen molar-refractivity contribution >= 4 is 46.6 Å². The minimum absolute atomic E-state index is 0.136. The highest BCUT2D eigenvalue weighted by atomic mass is 35.5. The van der Waals surface area contributed by atoms with Gasteiger partial charge in [-0.25, -0.2) is 0 Å². The molecule has 0 aliphatic rings. The fraction of sp³-hybridized carbons (Fsp3) is 0.286. The van der Waals surface area contributed by atoms with Crippen LogP contribution in [0.3, 0.4) is 0 Å². The Morgan fingerprint density at radius 3 is 2.17 bits per heavy atom. The largest absolute Gasteiger partial charge is 0.482 e. The SMILES string of the molecule is CC(C)(C)NC(=O)[C@H](Cc1ccccc1)N(Cc1ccc(Cl)c(Cl)c1)C(=O)COc1ccccc1Cl. The van der Waals surface area contributed by atoms with Crippen LogP contribution in [0.2, 0.25) is 15.1 Å². The summed E-state index contributed by atoms with van der Waals surface area (Å²) < 4.78 is 5.74. The van der Waals surface area contributed by atoms with E-state index in [1.165, 1.54) is 4.90 Å². The summed E-state index contributed by atoms with van der Waals surface area (Å²) in [5, 5.41) is 4.20. The van der Waals surface area contributed by atoms with Crippen molar-refractivity contribution in [1.29, 1.82) is 0 Å². The molecule has 3 rings (SSSR count). The number of nitrogens with one attached hydrogen (secondary N) is 1. The first-order valence-electron chi connectivity index (χ1n) is 11.5. The van der Waals surface area contributed by atoms with Gasteiger partial charge in [-0.15, -0.1) is 0 Å². The van der Waals surface area contributed by atoms with E-state index in [1.54, 1.807) is 42.5 Å². The van der Waals surface area contributed by atoms with Crippen molar-refractivity contribution in [2.24, 2.45) is 0 Å². The van der Waals surface area contributed by atoms with Gasteiger partial charge in [0.15, 0.2) is 6.61 Å². The lowest BCUT2D eigenvalue weighted by atomic mass is 10.0. The van der Waals surface area contributed by atoms with Gasteiger partial charge in [0.05, 0.1) is 15.1 Å². The normalized spacial score (nSPS) is 12.1. The first-order chi connectivity index (χ1) is 17.0. The Morgan fingerprint density at radius 1 is 0.861 bits per heavy atom. The van der Waals surface area contributed by atoms with Gasteiger partial charge in [-0.2, -0.15) is 0 Å². The van der Waals surface area contributed by atoms with Crippen LogP contribution in [0.15, 0.2) is 72.8 Å². The zero-order chi connectivity index (χ0) is 26.3. The zero-order valence-electron chi connectivity index (χ0n) is 20.4. The Balaban J connectivity index is 1.96. The van der Waals surface area contributed by atoms with Crippen LogP contribution in [-0.4, -0.2) is 34.9 Å². The van der Waals surface area contributed by atoms with Crippen molar-refractivity contribution in [3.05, 3.63) is 99.0 Å². The third-order valence-corrected chi connectivity index (χ3v) is 6.35. The standard InChI is InChI=1S/C28H29Cl3N2O3/c1-28(2,3)32-27(35)24(16-19-9-5-4-6-10-19)33(17-20-13-14-21(29)23(31)15-20)26(34)18-36-25-12-8-7-11-22(25)30/h4-15,24H,16-18H2,1-3H3,(H,32,35)/t24-/m0/s1. The molecule has 0 aliphatic carbocycles. The summed E-state index contributed by atoms with van der Waals surface area (Å²) in [5.41, 5.74) is 1.17. The van der Waals surface area contributed by atoms with Crippen LogP contribution in [-0.2, 0) is 22.6 Å². The maximum atomic E-state index is 13.6. The van der Waals surface area contributed by atoms with Gasteiger partial charge in [0, 0.05) is 18.5 Å². The lowest BCUT2D eigenvalue weighted by molar-refractivity contribution is -0.143. The topological polar surface area (TPSA) is 58.6 Å². The number of nitrogens with zero attached hydrogens (tertiary/aromatic N) is 1. The van der Waals surface area contributed by atoms with Gasteiger partial charge < -0.3 is 15.0 Å². The zero-order valence-corrected chi connectivity index (χ0v) is 22.7. The van der Waals surface area contributed by atoms with Crippen LogP contribution in [0.1, 0.15) is 31.9 Å². The predicted octanol–water partition coefficient (Wildman–Crippen LogP) is 6.58. The number of halogens is 3. The second kappa shape index (κ2) is 12.5. The van der Waals surface area contributed by atoms with Crippen molar-refractivity contribution in [2.45, 2.75) is 45.3 Å². The first-order valence-corrected chi connectivity index (χ1v) is 12.6. The average Bonchev–Trinajstić information content (AvgIpc) is 2.82. The lowest BCUT2D eigenvalue weighted by Gasteiger charge is -2.33. The van der Waals surface area contributed by atoms with Gasteiger partial charge in [0.25, 0.3) is 5.91 Å². The third-order valence-electron chi connectivity index (χ3n) is 5.29. The number of hydrogen-bond donors (Lipinski definition) is 1. The number of para-hydroxylation sites is 1. The van der Waals surface area contributed by atoms with Gasteiger partial charge in [-0.1, -0.05) is 83.3 Å². The molecule has 0 fully saturated rings. The number of ether oxygens (including phenoxy) is 1. The Labute approximate surface area is 227 Å². The molecule has 3 aromatic carbocycles. The predicted molar refractivity (Wildman–Crippen MR) is 146 cm³/mol. The Kier molecular flexibility index (Phi) is 9.66. The van der Waals surface area contributed by atoms with E-state index in [0.717, 1.165) is 11.1 Å². The van der Waals surface area contributed by atoms with Crippen molar-refractivity contribution in [3.8, 4) is 5.75 Å². The Morgan fingerprint density at radius 2 is 1.53 bits per heavy atom. The molecule has 0 aromatic heterocycles. The molecule has 1 N–H and O–H groups in total. The molecule has 5 nitrogen and oxygen atoms in total. The Bertz CT molecular complexity index is 1200. The van der Waals surface area contributed by atoms with E-state index in [9.17, 15) is 9.59 Å². The molecule has 3 aromatic rings. The highest BCUT2D eigenvalue weighted by molar-refractivity contribution is 6.42. The van der Waals surface area contributed by atoms with Crippen molar-refractivity contribution < 1.29 is 14.3 Å². The highest BCUT2D eigenvalue weighted by Crippen LogP contribution is 2.26. The summed E-state index contributed by atoms with van der Waals surface area (Å²) in [6, 6.07) is 20.8. The second-order valence-electron chi connectivity index (χ2n) is 9.43. The van der Waals surface area contributed by atoms with E-state index in [2.05, 4.69) is 5.32 Å². The molecule has 0 radical (unpaired) electrons. The molecule has 0 spiro atoms. The third kappa shape index (κ3) is 8.16. The van der Waals surface area contributed by atoms with Crippen molar-refractivity contribution in [1.82, 2.24) is 10.2 Å². The minimum atomic E-state index is -0.802. The molecule has 1 atom stereocenters. The van der Waals surface area contributed by atoms with Crippen LogP contribution < -0.4 is 10.1 Å². The second-order valence-corrected chi connectivity index (χ2v) is 10.7. The van der Waals surface area contributed by atoms with E-state index in [0.29, 0.717) is 27.2 Å². The number of hydrogen-bond acceptors (Lipinski definition) is 3. The van der Waals surface area contributed by atoms with Gasteiger partial charge in [-0.3, -0.25) is 9.59 Å². The minimum Gasteiger partial charge on any atom is -0.482 e. The van der Waals surface area contributed by atoms with Crippen LogP contribution in [0.25, 0.3) is 0 Å². The summed E-state index contributed by atoms with van der Waals surface area (Å²) in [6.45, 7) is 5.54. The van der Waals surface area contributed by atoms with Crippen molar-refractivity contribution in [2.75, 3.05) is 6.61 Å². The van der Waals surface area contributed by atoms with Gasteiger partial charge in [0.2, 0.25) is 5.91 Å². The quantitative estimate of drug-likeness (QED) is 0.329. The molecule has 0 saturated carbocycles. The smallest absolute Gasteiger partial charge is 0.261 e. The van der Waals surface area contributed by atoms with E-state index in [4.69, 9.17) is 39.5 Å². The van der Waals surface area contributed by atoms with Crippen molar-refractivity contribution in [3.63, 3.8) is 0 Å². The fourth-order valence-corrected chi connectivity index (χ4v) is 4.14. The summed E-state index contributed by atoms with van der Waals surface area (Å²) in [5.74, 6) is -0.246. The average molecular weight is 548 g/mol. The molecule has 0 bridgehead atoms. The highest BCUT2D eigenvalue weighted by Gasteiger charge is 2.32. The summed E-state index contributed by atoms with van der Waals surface area (Å²) >= 11 is 18.5. The molecule has 0 heterocycles. The summed E-state index contributed by atoms with van der Waals surface area (Å²) in [6.07, 6.45) is 0.321. The number of benzene rings is 3. The van der Waals surface area contributed by atoms with Crippen LogP contribution in [0.5, 0.6) is 5.75 Å². The van der Waals surface area contributed by atoms with Crippen LogP contribution in [0.4, 0.5) is 0 Å². The van der Waals surface area contributed by atoms with E-state index < -0.39 is 11.6 Å². The Hall–Kier alpha value is -2.73. The molecule has 8 heteroatoms. The molecular formula is C28H29Cl3N2O3. The van der Waals surface area contributed by atoms with E-state index in [1.807, 2.05) is 51.1 Å². The molecular weight excluding hydrogens is 519 g/mol. The number of carbonyl (C=O) groups is 2. The molecule has 0 saturated heterocycles. The first kappa shape index (κ1) is 27.9. The van der Waals surface area contributed by atoms with E-state index >= 15 is 0 Å². The lowest BCUT2D eigenvalue weighted by Crippen LogP contribution is -2.55. The van der Waals surface area contributed by atoms with Crippen LogP contribution >= 0.6 is 34.8 Å². The molecule has 0 aliphatic heterocycles. The van der Waals surface area contributed by atoms with Gasteiger partial charge >= 0.3 is 0 Å². The molecule has 2 amide bonds. The van der Waals surface area contributed by atoms with Crippen LogP contribution in [0, 0.1) is 0 Å². The number of carbonyl (C=O) groups excluding carboxylic acids is 2. The summed E-state index contributed by atoms with van der Waals surface area (Å²) in [4.78, 5) is 28.7. The molecule has 36 heavy (non-hydrogen) atoms.